The number of rotatable bonds is 2. The third-order valence-corrected chi connectivity index (χ3v) is 1.89. The SMILES string of the molecule is Cc1c(C#N)ccc(=O)n1CC(F)F. The zero-order valence-electron chi connectivity index (χ0n) is 7.50. The van der Waals surface area contributed by atoms with Gasteiger partial charge in [-0.3, -0.25) is 4.79 Å². The van der Waals surface area contributed by atoms with E-state index in [-0.39, 0.29) is 11.3 Å². The van der Waals surface area contributed by atoms with Crippen LogP contribution in [0.15, 0.2) is 16.9 Å². The molecular weight excluding hydrogens is 190 g/mol. The number of hydrogen-bond donors (Lipinski definition) is 0. The minimum atomic E-state index is -2.60. The first-order chi connectivity index (χ1) is 6.56. The number of hydrogen-bond acceptors (Lipinski definition) is 2. The van der Waals surface area contributed by atoms with Crippen LogP contribution in [0, 0.1) is 18.3 Å². The summed E-state index contributed by atoms with van der Waals surface area (Å²) < 4.78 is 25.1. The molecule has 1 aromatic heterocycles. The number of aromatic nitrogens is 1. The van der Waals surface area contributed by atoms with Gasteiger partial charge in [0, 0.05) is 11.8 Å². The Morgan fingerprint density at radius 2 is 2.21 bits per heavy atom. The first kappa shape index (κ1) is 10.4. The number of nitriles is 1. The lowest BCUT2D eigenvalue weighted by atomic mass is 10.2. The van der Waals surface area contributed by atoms with Crippen molar-refractivity contribution in [3.8, 4) is 6.07 Å². The second-order valence-corrected chi connectivity index (χ2v) is 2.78. The predicted molar refractivity (Wildman–Crippen MR) is 46.2 cm³/mol. The van der Waals surface area contributed by atoms with Gasteiger partial charge >= 0.3 is 0 Å². The highest BCUT2D eigenvalue weighted by molar-refractivity contribution is 5.32. The maximum atomic E-state index is 12.1. The van der Waals surface area contributed by atoms with Crippen molar-refractivity contribution in [3.63, 3.8) is 0 Å². The first-order valence-corrected chi connectivity index (χ1v) is 3.95. The van der Waals surface area contributed by atoms with Crippen molar-refractivity contribution in [2.24, 2.45) is 0 Å². The Balaban J connectivity index is 3.27. The lowest BCUT2D eigenvalue weighted by Gasteiger charge is -2.09. The predicted octanol–water partition coefficient (Wildman–Crippen LogP) is 1.29. The number of pyridine rings is 1. The van der Waals surface area contributed by atoms with Crippen LogP contribution in [-0.2, 0) is 6.54 Å². The van der Waals surface area contributed by atoms with E-state index in [1.807, 2.05) is 6.07 Å². The van der Waals surface area contributed by atoms with Crippen LogP contribution in [0.1, 0.15) is 11.3 Å². The molecule has 74 valence electrons. The number of nitrogens with zero attached hydrogens (tertiary/aromatic N) is 2. The van der Waals surface area contributed by atoms with Gasteiger partial charge in [0.25, 0.3) is 12.0 Å². The van der Waals surface area contributed by atoms with Gasteiger partial charge in [-0.1, -0.05) is 0 Å². The largest absolute Gasteiger partial charge is 0.306 e. The maximum Gasteiger partial charge on any atom is 0.256 e. The molecule has 0 N–H and O–H groups in total. The first-order valence-electron chi connectivity index (χ1n) is 3.95. The molecule has 0 fully saturated rings. The van der Waals surface area contributed by atoms with Crippen molar-refractivity contribution in [2.75, 3.05) is 0 Å². The van der Waals surface area contributed by atoms with Gasteiger partial charge in [0.1, 0.15) is 6.07 Å². The fraction of sp³-hybridized carbons (Fsp3) is 0.333. The lowest BCUT2D eigenvalue weighted by Crippen LogP contribution is -2.25. The second-order valence-electron chi connectivity index (χ2n) is 2.78. The topological polar surface area (TPSA) is 45.8 Å². The summed E-state index contributed by atoms with van der Waals surface area (Å²) in [7, 11) is 0. The van der Waals surface area contributed by atoms with Crippen LogP contribution in [0.2, 0.25) is 0 Å². The van der Waals surface area contributed by atoms with Gasteiger partial charge in [-0.15, -0.1) is 0 Å². The number of alkyl halides is 2. The normalized spacial score (nSPS) is 10.2. The Bertz CT molecular complexity index is 431. The van der Waals surface area contributed by atoms with Crippen molar-refractivity contribution in [2.45, 2.75) is 19.9 Å². The maximum absolute atomic E-state index is 12.1. The highest BCUT2D eigenvalue weighted by Crippen LogP contribution is 2.05. The van der Waals surface area contributed by atoms with Crippen molar-refractivity contribution in [3.05, 3.63) is 33.7 Å². The molecule has 0 aliphatic heterocycles. The molecule has 0 atom stereocenters. The minimum absolute atomic E-state index is 0.241. The van der Waals surface area contributed by atoms with Gasteiger partial charge in [-0.05, 0) is 13.0 Å². The molecule has 0 radical (unpaired) electrons. The molecule has 5 heteroatoms. The molecule has 0 saturated heterocycles. The molecule has 3 nitrogen and oxygen atoms in total. The van der Waals surface area contributed by atoms with Crippen molar-refractivity contribution >= 4 is 0 Å². The van der Waals surface area contributed by atoms with E-state index in [0.717, 1.165) is 10.6 Å². The molecule has 1 heterocycles. The van der Waals surface area contributed by atoms with E-state index in [1.54, 1.807) is 0 Å². The molecule has 0 amide bonds. The summed E-state index contributed by atoms with van der Waals surface area (Å²) >= 11 is 0. The zero-order valence-corrected chi connectivity index (χ0v) is 7.50. The molecule has 0 spiro atoms. The molecule has 0 saturated carbocycles. The second kappa shape index (κ2) is 4.01. The number of halogens is 2. The summed E-state index contributed by atoms with van der Waals surface area (Å²) in [5.74, 6) is 0. The van der Waals surface area contributed by atoms with Crippen LogP contribution < -0.4 is 5.56 Å². The quantitative estimate of drug-likeness (QED) is 0.718. The third-order valence-electron chi connectivity index (χ3n) is 1.89. The van der Waals surface area contributed by atoms with Gasteiger partial charge in [0.2, 0.25) is 0 Å². The van der Waals surface area contributed by atoms with Crippen LogP contribution in [-0.4, -0.2) is 11.0 Å². The fourth-order valence-corrected chi connectivity index (χ4v) is 1.16. The summed E-state index contributed by atoms with van der Waals surface area (Å²) in [4.78, 5) is 11.2. The fourth-order valence-electron chi connectivity index (χ4n) is 1.16. The summed E-state index contributed by atoms with van der Waals surface area (Å²) in [6.45, 7) is 0.808. The Kier molecular flexibility index (Phi) is 2.97. The molecule has 0 bridgehead atoms. The standard InChI is InChI=1S/C9H8F2N2O/c1-6-7(4-12)2-3-9(14)13(6)5-8(10)11/h2-3,8H,5H2,1H3. The molecule has 14 heavy (non-hydrogen) atoms. The molecule has 0 aliphatic carbocycles. The van der Waals surface area contributed by atoms with Crippen molar-refractivity contribution in [1.82, 2.24) is 4.57 Å². The van der Waals surface area contributed by atoms with Crippen LogP contribution in [0.5, 0.6) is 0 Å². The highest BCUT2D eigenvalue weighted by atomic mass is 19.3. The lowest BCUT2D eigenvalue weighted by molar-refractivity contribution is 0.124. The Morgan fingerprint density at radius 1 is 1.57 bits per heavy atom. The smallest absolute Gasteiger partial charge is 0.256 e. The highest BCUT2D eigenvalue weighted by Gasteiger charge is 2.10. The van der Waals surface area contributed by atoms with E-state index < -0.39 is 18.5 Å². The Hall–Kier alpha value is -1.70. The van der Waals surface area contributed by atoms with E-state index >= 15 is 0 Å². The molecule has 1 aromatic rings. The Morgan fingerprint density at radius 3 is 2.71 bits per heavy atom. The van der Waals surface area contributed by atoms with Gasteiger partial charge in [-0.25, -0.2) is 8.78 Å². The van der Waals surface area contributed by atoms with E-state index in [9.17, 15) is 13.6 Å². The van der Waals surface area contributed by atoms with Crippen LogP contribution in [0.3, 0.4) is 0 Å². The van der Waals surface area contributed by atoms with E-state index in [0.29, 0.717) is 0 Å². The molecule has 1 rings (SSSR count). The summed E-state index contributed by atoms with van der Waals surface area (Å²) in [6, 6.07) is 4.28. The average Bonchev–Trinajstić information content (AvgIpc) is 2.12. The average molecular weight is 198 g/mol. The van der Waals surface area contributed by atoms with E-state index in [4.69, 9.17) is 5.26 Å². The van der Waals surface area contributed by atoms with Crippen LogP contribution >= 0.6 is 0 Å². The summed E-state index contributed by atoms with van der Waals surface area (Å²) in [5, 5.41) is 8.62. The molecule has 0 aliphatic rings. The monoisotopic (exact) mass is 198 g/mol. The summed E-state index contributed by atoms with van der Waals surface area (Å²) in [6.07, 6.45) is -2.60. The van der Waals surface area contributed by atoms with Crippen LogP contribution in [0.4, 0.5) is 8.78 Å². The molecule has 0 unspecified atom stereocenters. The van der Waals surface area contributed by atoms with Gasteiger partial charge in [0.05, 0.1) is 12.1 Å². The van der Waals surface area contributed by atoms with Gasteiger partial charge in [-0.2, -0.15) is 5.26 Å². The van der Waals surface area contributed by atoms with E-state index in [1.165, 1.54) is 13.0 Å². The van der Waals surface area contributed by atoms with Gasteiger partial charge < -0.3 is 4.57 Å². The van der Waals surface area contributed by atoms with Crippen molar-refractivity contribution < 1.29 is 8.78 Å². The van der Waals surface area contributed by atoms with Gasteiger partial charge in [0.15, 0.2) is 0 Å². The van der Waals surface area contributed by atoms with Crippen LogP contribution in [0.25, 0.3) is 0 Å². The zero-order chi connectivity index (χ0) is 10.7. The van der Waals surface area contributed by atoms with Crippen molar-refractivity contribution in [1.29, 1.82) is 5.26 Å². The summed E-state index contributed by atoms with van der Waals surface area (Å²) in [5.41, 5.74) is 0.00681. The third kappa shape index (κ3) is 1.96. The molecular formula is C9H8F2N2O. The van der Waals surface area contributed by atoms with E-state index in [2.05, 4.69) is 0 Å². The molecule has 0 aromatic carbocycles. The minimum Gasteiger partial charge on any atom is -0.306 e. The Labute approximate surface area is 79.2 Å².